The van der Waals surface area contributed by atoms with Gasteiger partial charge in [0, 0.05) is 6.42 Å². The zero-order chi connectivity index (χ0) is 18.7. The fraction of sp³-hybridized carbons (Fsp3) is 0.909. The van der Waals surface area contributed by atoms with E-state index in [1.807, 2.05) is 0 Å². The van der Waals surface area contributed by atoms with Gasteiger partial charge in [-0.05, 0) is 13.8 Å². The van der Waals surface area contributed by atoms with Crippen LogP contribution in [0.4, 0.5) is 0 Å². The molecule has 0 spiro atoms. The summed E-state index contributed by atoms with van der Waals surface area (Å²) in [7, 11) is -4.88. The Kier molecular flexibility index (Phi) is 7.40. The molecule has 0 aromatic carbocycles. The van der Waals surface area contributed by atoms with E-state index < -0.39 is 52.5 Å². The van der Waals surface area contributed by atoms with E-state index in [9.17, 15) is 28.8 Å². The van der Waals surface area contributed by atoms with Gasteiger partial charge in [-0.3, -0.25) is 4.55 Å². The number of thioether (sulfide) groups is 1. The topological polar surface area (TPSA) is 186 Å². The van der Waals surface area contributed by atoms with Crippen LogP contribution >= 0.6 is 11.8 Å². The van der Waals surface area contributed by atoms with Gasteiger partial charge in [-0.15, -0.1) is 0 Å². The second-order valence-electron chi connectivity index (χ2n) is 5.79. The van der Waals surface area contributed by atoms with Crippen LogP contribution in [0.25, 0.3) is 0 Å². The highest BCUT2D eigenvalue weighted by molar-refractivity contribution is 8.14. The largest absolute Gasteiger partial charge is 0.466 e. The molecule has 5 unspecified atom stereocenters. The molecule has 1 heterocycles. The lowest BCUT2D eigenvalue weighted by atomic mass is 10.0. The molecule has 0 saturated carbocycles. The van der Waals surface area contributed by atoms with Gasteiger partial charge < -0.3 is 30.3 Å². The molecular weight excluding hydrogens is 370 g/mol. The van der Waals surface area contributed by atoms with Gasteiger partial charge in [0.05, 0.1) is 12.2 Å². The number of nitrogens with zero attached hydrogens (tertiary/aromatic N) is 1. The van der Waals surface area contributed by atoms with Crippen molar-refractivity contribution in [3.05, 3.63) is 0 Å². The van der Waals surface area contributed by atoms with E-state index in [4.69, 9.17) is 14.4 Å². The van der Waals surface area contributed by atoms with E-state index in [2.05, 4.69) is 9.44 Å². The Morgan fingerprint density at radius 1 is 1.25 bits per heavy atom. The number of aliphatic hydroxyl groups is 5. The Hall–Kier alpha value is -0.510. The van der Waals surface area contributed by atoms with Gasteiger partial charge in [0.2, 0.25) is 0 Å². The summed E-state index contributed by atoms with van der Waals surface area (Å²) in [4.78, 5) is 0. The lowest BCUT2D eigenvalue weighted by Gasteiger charge is -2.39. The Bertz CT molecular complexity index is 543. The third kappa shape index (κ3) is 6.78. The quantitative estimate of drug-likeness (QED) is 0.125. The van der Waals surface area contributed by atoms with Gasteiger partial charge >= 0.3 is 10.4 Å². The van der Waals surface area contributed by atoms with Gasteiger partial charge in [-0.1, -0.05) is 16.9 Å². The predicted molar refractivity (Wildman–Crippen MR) is 82.3 cm³/mol. The van der Waals surface area contributed by atoms with E-state index in [0.717, 1.165) is 0 Å². The number of hydrogen-bond acceptors (Lipinski definition) is 11. The molecule has 1 aliphatic rings. The Morgan fingerprint density at radius 3 is 2.29 bits per heavy atom. The summed E-state index contributed by atoms with van der Waals surface area (Å²) in [5.41, 5.74) is -2.59. The Morgan fingerprint density at radius 2 is 1.83 bits per heavy atom. The monoisotopic (exact) mass is 391 g/mol. The molecule has 142 valence electrons. The zero-order valence-electron chi connectivity index (χ0n) is 12.9. The van der Waals surface area contributed by atoms with Crippen molar-refractivity contribution in [1.29, 1.82) is 0 Å². The minimum Gasteiger partial charge on any atom is -0.394 e. The third-order valence-electron chi connectivity index (χ3n) is 2.92. The molecule has 0 radical (unpaired) electrons. The van der Waals surface area contributed by atoms with Crippen LogP contribution in [-0.4, -0.2) is 85.6 Å². The van der Waals surface area contributed by atoms with Crippen LogP contribution in [0, 0.1) is 0 Å². The minimum atomic E-state index is -4.88. The standard InChI is InChI=1S/C11H21NO10S2/c1-11(2,17)3-6(12-22-24(18,19)20)23-10-9(16)8(15)7(14)5(4-13)21-10/h5,7-10,13-17H,3-4H2,1-2H3,(H,18,19,20)/b12-6+. The molecule has 1 saturated heterocycles. The summed E-state index contributed by atoms with van der Waals surface area (Å²) < 4.78 is 38.9. The second kappa shape index (κ2) is 8.25. The van der Waals surface area contributed by atoms with Gasteiger partial charge in [0.25, 0.3) is 0 Å². The maximum atomic E-state index is 10.6. The SMILES string of the molecule is CC(C)(O)C/C(=N\OS(=O)(=O)O)SC1OC(CO)C(O)C(O)C1O. The van der Waals surface area contributed by atoms with Crippen LogP contribution in [0.5, 0.6) is 0 Å². The molecule has 5 atom stereocenters. The first kappa shape index (κ1) is 21.5. The fourth-order valence-corrected chi connectivity index (χ4v) is 3.37. The van der Waals surface area contributed by atoms with Crippen LogP contribution in [0.2, 0.25) is 0 Å². The first-order valence-corrected chi connectivity index (χ1v) is 9.01. The summed E-state index contributed by atoms with van der Waals surface area (Å²) in [6.45, 7) is 2.15. The highest BCUT2D eigenvalue weighted by Crippen LogP contribution is 2.31. The van der Waals surface area contributed by atoms with E-state index in [0.29, 0.717) is 11.8 Å². The minimum absolute atomic E-state index is 0.176. The van der Waals surface area contributed by atoms with Crippen molar-refractivity contribution in [2.75, 3.05) is 6.61 Å². The van der Waals surface area contributed by atoms with Gasteiger partial charge in [-0.25, -0.2) is 4.28 Å². The van der Waals surface area contributed by atoms with E-state index in [1.165, 1.54) is 13.8 Å². The summed E-state index contributed by atoms with van der Waals surface area (Å²) in [5, 5.41) is 51.3. The van der Waals surface area contributed by atoms with Gasteiger partial charge in [0.1, 0.15) is 34.9 Å². The van der Waals surface area contributed by atoms with Crippen molar-refractivity contribution in [2.24, 2.45) is 5.16 Å². The lowest BCUT2D eigenvalue weighted by molar-refractivity contribution is -0.205. The smallest absolute Gasteiger partial charge is 0.394 e. The first-order chi connectivity index (χ1) is 10.8. The zero-order valence-corrected chi connectivity index (χ0v) is 14.5. The third-order valence-corrected chi connectivity index (χ3v) is 4.29. The van der Waals surface area contributed by atoms with Crippen molar-refractivity contribution >= 4 is 27.2 Å². The molecule has 1 rings (SSSR count). The number of oxime groups is 1. The van der Waals surface area contributed by atoms with Gasteiger partial charge in [-0.2, -0.15) is 8.42 Å². The van der Waals surface area contributed by atoms with Crippen molar-refractivity contribution in [3.8, 4) is 0 Å². The molecule has 24 heavy (non-hydrogen) atoms. The average Bonchev–Trinajstić information content (AvgIpc) is 2.43. The second-order valence-corrected chi connectivity index (χ2v) is 7.97. The lowest BCUT2D eigenvalue weighted by Crippen LogP contribution is -2.57. The average molecular weight is 391 g/mol. The highest BCUT2D eigenvalue weighted by atomic mass is 32.3. The molecule has 1 aliphatic heterocycles. The fourth-order valence-electron chi connectivity index (χ4n) is 1.85. The first-order valence-electron chi connectivity index (χ1n) is 6.76. The van der Waals surface area contributed by atoms with Crippen LogP contribution < -0.4 is 0 Å². The summed E-state index contributed by atoms with van der Waals surface area (Å²) in [6.07, 6.45) is -6.16. The van der Waals surface area contributed by atoms with Crippen LogP contribution in [0.1, 0.15) is 20.3 Å². The van der Waals surface area contributed by atoms with Crippen LogP contribution in [0.3, 0.4) is 0 Å². The Balaban J connectivity index is 2.95. The number of ether oxygens (including phenoxy) is 1. The Labute approximate surface area is 142 Å². The predicted octanol–water partition coefficient (Wildman–Crippen LogP) is -2.19. The van der Waals surface area contributed by atoms with Crippen molar-refractivity contribution in [2.45, 2.75) is 55.7 Å². The van der Waals surface area contributed by atoms with Crippen LogP contribution in [0.15, 0.2) is 5.16 Å². The van der Waals surface area contributed by atoms with Crippen molar-refractivity contribution in [1.82, 2.24) is 0 Å². The van der Waals surface area contributed by atoms with E-state index in [1.54, 1.807) is 0 Å². The molecule has 0 amide bonds. The molecule has 1 fully saturated rings. The molecule has 11 nitrogen and oxygen atoms in total. The highest BCUT2D eigenvalue weighted by Gasteiger charge is 2.44. The molecular formula is C11H21NO10S2. The number of aliphatic hydroxyl groups excluding tert-OH is 4. The van der Waals surface area contributed by atoms with Gasteiger partial charge in [0.15, 0.2) is 0 Å². The van der Waals surface area contributed by atoms with E-state index in [-0.39, 0.29) is 11.5 Å². The molecule has 0 bridgehead atoms. The molecule has 0 aromatic heterocycles. The van der Waals surface area contributed by atoms with E-state index >= 15 is 0 Å². The molecule has 0 aromatic rings. The summed E-state index contributed by atoms with van der Waals surface area (Å²) >= 11 is 0.601. The molecule has 6 N–H and O–H groups in total. The number of rotatable bonds is 6. The maximum Gasteiger partial charge on any atom is 0.466 e. The molecule has 13 heteroatoms. The van der Waals surface area contributed by atoms with Crippen LogP contribution in [-0.2, 0) is 19.4 Å². The normalized spacial score (nSPS) is 32.7. The molecule has 0 aliphatic carbocycles. The van der Waals surface area contributed by atoms with Crippen molar-refractivity contribution in [3.63, 3.8) is 0 Å². The summed E-state index contributed by atoms with van der Waals surface area (Å²) in [5.74, 6) is 0. The maximum absolute atomic E-state index is 10.6. The summed E-state index contributed by atoms with van der Waals surface area (Å²) in [6, 6.07) is 0. The van der Waals surface area contributed by atoms with Crippen molar-refractivity contribution < 1.29 is 47.5 Å². The number of hydrogen-bond donors (Lipinski definition) is 6.